The van der Waals surface area contributed by atoms with Crippen molar-refractivity contribution in [3.05, 3.63) is 35.4 Å². The number of benzene rings is 1. The molecule has 0 bridgehead atoms. The number of amides is 1. The second-order valence-electron chi connectivity index (χ2n) is 4.82. The standard InChI is InChI=1S/C15H22N2O/c1-3-9-17(4-2)15(18)14-10-12-7-5-6-8-13(12)11-16-14/h5-8,14,16H,3-4,9-11H2,1-2H3/t14-/m1/s1. The van der Waals surface area contributed by atoms with Gasteiger partial charge in [-0.05, 0) is 30.9 Å². The molecule has 0 saturated heterocycles. The van der Waals surface area contributed by atoms with Crippen molar-refractivity contribution in [2.45, 2.75) is 39.3 Å². The second kappa shape index (κ2) is 6.01. The van der Waals surface area contributed by atoms with Crippen molar-refractivity contribution in [2.75, 3.05) is 13.1 Å². The van der Waals surface area contributed by atoms with E-state index >= 15 is 0 Å². The first-order valence-electron chi connectivity index (χ1n) is 6.85. The number of rotatable bonds is 4. The van der Waals surface area contributed by atoms with Gasteiger partial charge in [-0.25, -0.2) is 0 Å². The Balaban J connectivity index is 2.06. The Morgan fingerprint density at radius 3 is 2.72 bits per heavy atom. The Kier molecular flexibility index (Phi) is 4.37. The number of nitrogens with zero attached hydrogens (tertiary/aromatic N) is 1. The molecule has 0 fully saturated rings. The number of carbonyl (C=O) groups is 1. The van der Waals surface area contributed by atoms with Crippen molar-refractivity contribution in [1.82, 2.24) is 10.2 Å². The first-order valence-corrected chi connectivity index (χ1v) is 6.85. The van der Waals surface area contributed by atoms with Gasteiger partial charge in [-0.2, -0.15) is 0 Å². The Labute approximate surface area is 109 Å². The summed E-state index contributed by atoms with van der Waals surface area (Å²) in [5.41, 5.74) is 2.63. The van der Waals surface area contributed by atoms with Crippen molar-refractivity contribution in [2.24, 2.45) is 0 Å². The van der Waals surface area contributed by atoms with E-state index in [9.17, 15) is 4.79 Å². The lowest BCUT2D eigenvalue weighted by Crippen LogP contribution is -2.49. The smallest absolute Gasteiger partial charge is 0.240 e. The van der Waals surface area contributed by atoms with E-state index in [1.807, 2.05) is 11.8 Å². The van der Waals surface area contributed by atoms with Gasteiger partial charge in [0.05, 0.1) is 6.04 Å². The van der Waals surface area contributed by atoms with Crippen LogP contribution in [0.4, 0.5) is 0 Å². The summed E-state index contributed by atoms with van der Waals surface area (Å²) in [5, 5.41) is 3.36. The SMILES string of the molecule is CCCN(CC)C(=O)[C@H]1Cc2ccccc2CN1. The maximum absolute atomic E-state index is 12.4. The van der Waals surface area contributed by atoms with Crippen molar-refractivity contribution >= 4 is 5.91 Å². The molecule has 1 N–H and O–H groups in total. The molecular formula is C15H22N2O. The molecule has 0 unspecified atom stereocenters. The summed E-state index contributed by atoms with van der Waals surface area (Å²) >= 11 is 0. The molecule has 1 aliphatic heterocycles. The van der Waals surface area contributed by atoms with Crippen LogP contribution in [-0.2, 0) is 17.8 Å². The molecule has 1 aromatic carbocycles. The Morgan fingerprint density at radius 2 is 2.06 bits per heavy atom. The lowest BCUT2D eigenvalue weighted by molar-refractivity contribution is -0.133. The van der Waals surface area contributed by atoms with Gasteiger partial charge in [-0.1, -0.05) is 31.2 Å². The van der Waals surface area contributed by atoms with Crippen LogP contribution in [0.3, 0.4) is 0 Å². The first-order chi connectivity index (χ1) is 8.76. The highest BCUT2D eigenvalue weighted by Crippen LogP contribution is 2.17. The van der Waals surface area contributed by atoms with Gasteiger partial charge in [0.15, 0.2) is 0 Å². The van der Waals surface area contributed by atoms with Crippen molar-refractivity contribution in [3.63, 3.8) is 0 Å². The molecule has 0 spiro atoms. The molecule has 98 valence electrons. The third kappa shape index (κ3) is 2.72. The molecule has 18 heavy (non-hydrogen) atoms. The van der Waals surface area contributed by atoms with E-state index < -0.39 is 0 Å². The minimum absolute atomic E-state index is 0.0496. The van der Waals surface area contributed by atoms with Crippen LogP contribution in [-0.4, -0.2) is 29.9 Å². The highest BCUT2D eigenvalue weighted by molar-refractivity contribution is 5.82. The molecule has 0 radical (unpaired) electrons. The third-order valence-electron chi connectivity index (χ3n) is 3.57. The average molecular weight is 246 g/mol. The first kappa shape index (κ1) is 13.1. The molecule has 3 nitrogen and oxygen atoms in total. The maximum Gasteiger partial charge on any atom is 0.240 e. The summed E-state index contributed by atoms with van der Waals surface area (Å²) < 4.78 is 0. The zero-order valence-electron chi connectivity index (χ0n) is 11.3. The van der Waals surface area contributed by atoms with E-state index in [1.54, 1.807) is 0 Å². The summed E-state index contributed by atoms with van der Waals surface area (Å²) in [6.45, 7) is 6.61. The van der Waals surface area contributed by atoms with E-state index in [0.717, 1.165) is 32.5 Å². The number of hydrogen-bond acceptors (Lipinski definition) is 2. The van der Waals surface area contributed by atoms with Crippen molar-refractivity contribution in [3.8, 4) is 0 Å². The maximum atomic E-state index is 12.4. The van der Waals surface area contributed by atoms with Gasteiger partial charge in [0.25, 0.3) is 0 Å². The predicted molar refractivity (Wildman–Crippen MR) is 73.3 cm³/mol. The van der Waals surface area contributed by atoms with Crippen LogP contribution in [0.25, 0.3) is 0 Å². The van der Waals surface area contributed by atoms with E-state index in [2.05, 4.69) is 36.5 Å². The zero-order valence-corrected chi connectivity index (χ0v) is 11.3. The average Bonchev–Trinajstić information content (AvgIpc) is 2.43. The van der Waals surface area contributed by atoms with Gasteiger partial charge < -0.3 is 10.2 Å². The second-order valence-corrected chi connectivity index (χ2v) is 4.82. The van der Waals surface area contributed by atoms with Gasteiger partial charge in [-0.3, -0.25) is 4.79 Å². The van der Waals surface area contributed by atoms with Crippen LogP contribution in [0.5, 0.6) is 0 Å². The fraction of sp³-hybridized carbons (Fsp3) is 0.533. The van der Waals surface area contributed by atoms with E-state index in [-0.39, 0.29) is 11.9 Å². The monoisotopic (exact) mass is 246 g/mol. The van der Waals surface area contributed by atoms with E-state index in [0.29, 0.717) is 0 Å². The zero-order chi connectivity index (χ0) is 13.0. The number of likely N-dealkylation sites (N-methyl/N-ethyl adjacent to an activating group) is 1. The number of nitrogens with one attached hydrogen (secondary N) is 1. The third-order valence-corrected chi connectivity index (χ3v) is 3.57. The van der Waals surface area contributed by atoms with Gasteiger partial charge in [0.1, 0.15) is 0 Å². The van der Waals surface area contributed by atoms with Crippen molar-refractivity contribution < 1.29 is 4.79 Å². The van der Waals surface area contributed by atoms with Crippen LogP contribution < -0.4 is 5.32 Å². The summed E-state index contributed by atoms with van der Waals surface area (Å²) in [6.07, 6.45) is 1.83. The molecule has 3 heteroatoms. The molecule has 0 saturated carbocycles. The topological polar surface area (TPSA) is 32.3 Å². The quantitative estimate of drug-likeness (QED) is 0.881. The van der Waals surface area contributed by atoms with E-state index in [1.165, 1.54) is 11.1 Å². The van der Waals surface area contributed by atoms with Crippen LogP contribution in [0, 0.1) is 0 Å². The van der Waals surface area contributed by atoms with Crippen molar-refractivity contribution in [1.29, 1.82) is 0 Å². The van der Waals surface area contributed by atoms with Crippen LogP contribution in [0.2, 0.25) is 0 Å². The Hall–Kier alpha value is -1.35. The molecule has 1 aliphatic rings. The molecule has 2 rings (SSSR count). The molecule has 1 atom stereocenters. The largest absolute Gasteiger partial charge is 0.342 e. The normalized spacial score (nSPS) is 18.2. The van der Waals surface area contributed by atoms with Gasteiger partial charge in [0, 0.05) is 19.6 Å². The Bertz CT molecular complexity index is 417. The fourth-order valence-electron chi connectivity index (χ4n) is 2.54. The van der Waals surface area contributed by atoms with Gasteiger partial charge >= 0.3 is 0 Å². The number of carbonyl (C=O) groups excluding carboxylic acids is 1. The summed E-state index contributed by atoms with van der Waals surface area (Å²) in [7, 11) is 0. The minimum atomic E-state index is -0.0496. The molecule has 1 aromatic rings. The van der Waals surface area contributed by atoms with Crippen LogP contribution >= 0.6 is 0 Å². The van der Waals surface area contributed by atoms with Crippen LogP contribution in [0.1, 0.15) is 31.4 Å². The van der Waals surface area contributed by atoms with Crippen LogP contribution in [0.15, 0.2) is 24.3 Å². The summed E-state index contributed by atoms with van der Waals surface area (Å²) in [5.74, 6) is 0.244. The molecule has 1 heterocycles. The Morgan fingerprint density at radius 1 is 1.33 bits per heavy atom. The summed E-state index contributed by atoms with van der Waals surface area (Å²) in [6, 6.07) is 8.32. The fourth-order valence-corrected chi connectivity index (χ4v) is 2.54. The molecule has 1 amide bonds. The van der Waals surface area contributed by atoms with E-state index in [4.69, 9.17) is 0 Å². The number of fused-ring (bicyclic) bond motifs is 1. The lowest BCUT2D eigenvalue weighted by atomic mass is 9.95. The van der Waals surface area contributed by atoms with Gasteiger partial charge in [-0.15, -0.1) is 0 Å². The molecule has 0 aliphatic carbocycles. The highest BCUT2D eigenvalue weighted by Gasteiger charge is 2.26. The summed E-state index contributed by atoms with van der Waals surface area (Å²) in [4.78, 5) is 14.3. The highest BCUT2D eigenvalue weighted by atomic mass is 16.2. The predicted octanol–water partition coefficient (Wildman–Crippen LogP) is 1.96. The lowest BCUT2D eigenvalue weighted by Gasteiger charge is -2.30. The minimum Gasteiger partial charge on any atom is -0.342 e. The van der Waals surface area contributed by atoms with Gasteiger partial charge in [0.2, 0.25) is 5.91 Å². The molecule has 0 aromatic heterocycles. The number of hydrogen-bond donors (Lipinski definition) is 1. The molecular weight excluding hydrogens is 224 g/mol.